The first-order valence-electron chi connectivity index (χ1n) is 8.94. The van der Waals surface area contributed by atoms with Gasteiger partial charge in [0.2, 0.25) is 0 Å². The Bertz CT molecular complexity index is 1260. The molecule has 0 fully saturated rings. The lowest BCUT2D eigenvalue weighted by molar-refractivity contribution is 0.103. The van der Waals surface area contributed by atoms with Crippen molar-refractivity contribution in [3.8, 4) is 5.75 Å². The van der Waals surface area contributed by atoms with Gasteiger partial charge in [0.1, 0.15) is 10.6 Å². The second kappa shape index (κ2) is 7.09. The number of hydrogen-bond acceptors (Lipinski definition) is 5. The fourth-order valence-corrected chi connectivity index (χ4v) is 3.93. The Hall–Kier alpha value is -3.19. The zero-order valence-corrected chi connectivity index (χ0v) is 16.6. The Labute approximate surface area is 165 Å². The van der Waals surface area contributed by atoms with Crippen LogP contribution in [0.5, 0.6) is 5.75 Å². The van der Waals surface area contributed by atoms with E-state index in [1.165, 1.54) is 17.4 Å². The lowest BCUT2D eigenvalue weighted by Gasteiger charge is -2.07. The molecule has 1 amide bonds. The Morgan fingerprint density at radius 3 is 2.57 bits per heavy atom. The van der Waals surface area contributed by atoms with Crippen molar-refractivity contribution in [2.45, 2.75) is 20.8 Å². The molecular weight excluding hydrogens is 374 g/mol. The van der Waals surface area contributed by atoms with Gasteiger partial charge in [-0.25, -0.2) is 4.98 Å². The van der Waals surface area contributed by atoms with E-state index in [9.17, 15) is 9.59 Å². The molecule has 0 aliphatic rings. The van der Waals surface area contributed by atoms with Crippen molar-refractivity contribution in [3.05, 3.63) is 68.8 Å². The number of benzene rings is 2. The highest BCUT2D eigenvalue weighted by Gasteiger charge is 2.15. The standard InChI is InChI=1S/C21H19N3O3S/c1-4-27-15-7-5-14(6-8-15)22-20(26)18-11-19(25)24-17-10-13(3)12(2)9-16(17)23-21(24)28-18/h5-11H,4H2,1-3H3,(H,22,26). The molecule has 4 rings (SSSR count). The Morgan fingerprint density at radius 1 is 1.14 bits per heavy atom. The van der Waals surface area contributed by atoms with Gasteiger partial charge in [-0.1, -0.05) is 11.3 Å². The van der Waals surface area contributed by atoms with Gasteiger partial charge in [0.05, 0.1) is 17.6 Å². The summed E-state index contributed by atoms with van der Waals surface area (Å²) in [6.07, 6.45) is 0. The van der Waals surface area contributed by atoms with Gasteiger partial charge in [-0.05, 0) is 68.3 Å². The lowest BCUT2D eigenvalue weighted by atomic mass is 10.1. The zero-order chi connectivity index (χ0) is 19.8. The summed E-state index contributed by atoms with van der Waals surface area (Å²) in [4.78, 5) is 30.7. The van der Waals surface area contributed by atoms with Crippen LogP contribution >= 0.6 is 11.3 Å². The summed E-state index contributed by atoms with van der Waals surface area (Å²) in [5.41, 5.74) is 4.08. The van der Waals surface area contributed by atoms with Crippen LogP contribution in [0.1, 0.15) is 27.7 Å². The van der Waals surface area contributed by atoms with Gasteiger partial charge in [-0.2, -0.15) is 0 Å². The molecule has 0 saturated heterocycles. The van der Waals surface area contributed by atoms with Crippen LogP contribution in [0, 0.1) is 13.8 Å². The van der Waals surface area contributed by atoms with Crippen molar-refractivity contribution in [1.29, 1.82) is 0 Å². The number of hydrogen-bond donors (Lipinski definition) is 1. The number of carbonyl (C=O) groups excluding carboxylic acids is 1. The van der Waals surface area contributed by atoms with E-state index >= 15 is 0 Å². The summed E-state index contributed by atoms with van der Waals surface area (Å²) in [5.74, 6) is 0.398. The number of nitrogens with zero attached hydrogens (tertiary/aromatic N) is 2. The van der Waals surface area contributed by atoms with Crippen LogP contribution < -0.4 is 15.6 Å². The summed E-state index contributed by atoms with van der Waals surface area (Å²) in [5, 5.41) is 2.81. The average Bonchev–Trinajstić information content (AvgIpc) is 3.01. The highest BCUT2D eigenvalue weighted by molar-refractivity contribution is 7.18. The van der Waals surface area contributed by atoms with Gasteiger partial charge < -0.3 is 10.1 Å². The number of anilines is 1. The van der Waals surface area contributed by atoms with Crippen molar-refractivity contribution < 1.29 is 9.53 Å². The third-order valence-electron chi connectivity index (χ3n) is 4.56. The first kappa shape index (κ1) is 18.2. The first-order chi connectivity index (χ1) is 13.5. The van der Waals surface area contributed by atoms with Crippen LogP contribution in [0.15, 0.2) is 47.3 Å². The average molecular weight is 393 g/mol. The molecule has 2 aromatic heterocycles. The Kier molecular flexibility index (Phi) is 4.60. The maximum Gasteiger partial charge on any atom is 0.266 e. The van der Waals surface area contributed by atoms with E-state index in [0.29, 0.717) is 22.1 Å². The monoisotopic (exact) mass is 393 g/mol. The summed E-state index contributed by atoms with van der Waals surface area (Å²) < 4.78 is 6.95. The molecule has 0 bridgehead atoms. The van der Waals surface area contributed by atoms with Crippen molar-refractivity contribution >= 4 is 38.9 Å². The molecule has 6 nitrogen and oxygen atoms in total. The minimum absolute atomic E-state index is 0.267. The lowest BCUT2D eigenvalue weighted by Crippen LogP contribution is -2.17. The second-order valence-electron chi connectivity index (χ2n) is 6.52. The molecule has 0 spiro atoms. The molecule has 0 radical (unpaired) electrons. The van der Waals surface area contributed by atoms with E-state index < -0.39 is 0 Å². The van der Waals surface area contributed by atoms with Crippen molar-refractivity contribution in [3.63, 3.8) is 0 Å². The maximum atomic E-state index is 12.7. The molecule has 1 N–H and O–H groups in total. The van der Waals surface area contributed by atoms with E-state index in [0.717, 1.165) is 27.9 Å². The number of rotatable bonds is 4. The predicted molar refractivity (Wildman–Crippen MR) is 112 cm³/mol. The second-order valence-corrected chi connectivity index (χ2v) is 7.52. The normalized spacial score (nSPS) is 11.1. The summed E-state index contributed by atoms with van der Waals surface area (Å²) in [6.45, 7) is 6.50. The topological polar surface area (TPSA) is 72.7 Å². The third-order valence-corrected chi connectivity index (χ3v) is 5.54. The molecule has 142 valence electrons. The molecule has 0 aliphatic heterocycles. The number of nitrogens with one attached hydrogen (secondary N) is 1. The number of imidazole rings is 1. The Balaban J connectivity index is 1.69. The number of aryl methyl sites for hydroxylation is 2. The third kappa shape index (κ3) is 3.25. The maximum absolute atomic E-state index is 12.7. The Morgan fingerprint density at radius 2 is 1.86 bits per heavy atom. The molecule has 0 saturated carbocycles. The highest BCUT2D eigenvalue weighted by Crippen LogP contribution is 2.23. The minimum atomic E-state index is -0.340. The van der Waals surface area contributed by atoms with E-state index in [-0.39, 0.29) is 11.5 Å². The summed E-state index contributed by atoms with van der Waals surface area (Å²) >= 11 is 1.19. The fraction of sp³-hybridized carbons (Fsp3) is 0.190. The van der Waals surface area contributed by atoms with Gasteiger partial charge in [0, 0.05) is 11.8 Å². The van der Waals surface area contributed by atoms with Crippen LogP contribution in [-0.2, 0) is 0 Å². The molecule has 7 heteroatoms. The van der Waals surface area contributed by atoms with Crippen molar-refractivity contribution in [2.75, 3.05) is 11.9 Å². The van der Waals surface area contributed by atoms with Gasteiger partial charge in [0.15, 0.2) is 4.96 Å². The summed E-state index contributed by atoms with van der Waals surface area (Å²) in [7, 11) is 0. The summed E-state index contributed by atoms with van der Waals surface area (Å²) in [6, 6.07) is 12.4. The van der Waals surface area contributed by atoms with Crippen LogP contribution in [0.4, 0.5) is 5.69 Å². The van der Waals surface area contributed by atoms with Gasteiger partial charge >= 0.3 is 0 Å². The van der Waals surface area contributed by atoms with Crippen LogP contribution in [0.2, 0.25) is 0 Å². The molecule has 4 aromatic rings. The SMILES string of the molecule is CCOc1ccc(NC(=O)c2cc(=O)n3c(nc4cc(C)c(C)cc43)s2)cc1. The highest BCUT2D eigenvalue weighted by atomic mass is 32.1. The van der Waals surface area contributed by atoms with Crippen molar-refractivity contribution in [1.82, 2.24) is 9.38 Å². The fourth-order valence-electron chi connectivity index (χ4n) is 3.00. The molecule has 2 aromatic carbocycles. The number of aromatic nitrogens is 2. The van der Waals surface area contributed by atoms with Crippen LogP contribution in [0.25, 0.3) is 16.0 Å². The molecule has 0 aliphatic carbocycles. The van der Waals surface area contributed by atoms with E-state index in [2.05, 4.69) is 10.3 Å². The quantitative estimate of drug-likeness (QED) is 0.565. The number of fused-ring (bicyclic) bond motifs is 3. The largest absolute Gasteiger partial charge is 0.494 e. The van der Waals surface area contributed by atoms with E-state index in [1.807, 2.05) is 32.9 Å². The zero-order valence-electron chi connectivity index (χ0n) is 15.8. The van der Waals surface area contributed by atoms with Gasteiger partial charge in [0.25, 0.3) is 11.5 Å². The number of amides is 1. The molecule has 0 atom stereocenters. The molecule has 0 unspecified atom stereocenters. The predicted octanol–water partition coefficient (Wildman–Crippen LogP) is 4.18. The number of carbonyl (C=O) groups is 1. The van der Waals surface area contributed by atoms with Gasteiger partial charge in [-0.3, -0.25) is 14.0 Å². The first-order valence-corrected chi connectivity index (χ1v) is 9.75. The van der Waals surface area contributed by atoms with E-state index in [4.69, 9.17) is 4.74 Å². The molecule has 28 heavy (non-hydrogen) atoms. The van der Waals surface area contributed by atoms with E-state index in [1.54, 1.807) is 28.7 Å². The van der Waals surface area contributed by atoms with Crippen LogP contribution in [0.3, 0.4) is 0 Å². The van der Waals surface area contributed by atoms with Crippen molar-refractivity contribution in [2.24, 2.45) is 0 Å². The smallest absolute Gasteiger partial charge is 0.266 e. The molecule has 2 heterocycles. The van der Waals surface area contributed by atoms with Gasteiger partial charge in [-0.15, -0.1) is 0 Å². The minimum Gasteiger partial charge on any atom is -0.494 e. The number of ether oxygens (including phenoxy) is 1. The van der Waals surface area contributed by atoms with Crippen LogP contribution in [-0.4, -0.2) is 21.9 Å². The molecular formula is C21H19N3O3S.